The molecule has 2 N–H and O–H groups in total. The molecule has 5 nitrogen and oxygen atoms in total. The average molecular weight is 330 g/mol. The Morgan fingerprint density at radius 1 is 1.35 bits per heavy atom. The van der Waals surface area contributed by atoms with Crippen LogP contribution >= 0.6 is 0 Å². The predicted molar refractivity (Wildman–Crippen MR) is 76.9 cm³/mol. The third-order valence-electron chi connectivity index (χ3n) is 3.62. The summed E-state index contributed by atoms with van der Waals surface area (Å²) in [5.41, 5.74) is -3.31. The molecule has 1 amide bonds. The van der Waals surface area contributed by atoms with E-state index in [0.717, 1.165) is 6.42 Å². The summed E-state index contributed by atoms with van der Waals surface area (Å²) in [6, 6.07) is 4.71. The number of nitrogens with zero attached hydrogens (tertiary/aromatic N) is 2. The Kier molecular flexibility index (Phi) is 4.65. The average Bonchev–Trinajstić information content (AvgIpc) is 2.83. The number of hydrogen-bond donors (Lipinski definition) is 2. The molecule has 1 aromatic carbocycles. The van der Waals surface area contributed by atoms with Gasteiger partial charge in [-0.15, -0.1) is 0 Å². The molecule has 23 heavy (non-hydrogen) atoms. The zero-order valence-corrected chi connectivity index (χ0v) is 12.5. The van der Waals surface area contributed by atoms with Crippen LogP contribution in [0.4, 0.5) is 13.2 Å². The summed E-state index contributed by atoms with van der Waals surface area (Å²) in [6.07, 6.45) is -4.12. The lowest BCUT2D eigenvalue weighted by atomic mass is 10.0. The van der Waals surface area contributed by atoms with Crippen molar-refractivity contribution in [2.24, 2.45) is 5.10 Å². The Bertz CT molecular complexity index is 613. The number of benzene rings is 1. The largest absolute Gasteiger partial charge is 0.508 e. The molecule has 2 rings (SSSR count). The number of hydrogen-bond acceptors (Lipinski definition) is 4. The Morgan fingerprint density at radius 2 is 1.96 bits per heavy atom. The first-order chi connectivity index (χ1) is 10.7. The number of phenolic OH excluding ortho intramolecular Hbond substituents is 1. The van der Waals surface area contributed by atoms with Crippen molar-refractivity contribution in [2.75, 3.05) is 0 Å². The highest BCUT2D eigenvalue weighted by Gasteiger charge is 2.63. The van der Waals surface area contributed by atoms with Crippen LogP contribution in [0.25, 0.3) is 0 Å². The maximum Gasteiger partial charge on any atom is 0.438 e. The van der Waals surface area contributed by atoms with Crippen molar-refractivity contribution >= 4 is 11.6 Å². The number of carbonyl (C=O) groups excluding carboxylic acids is 1. The van der Waals surface area contributed by atoms with Crippen LogP contribution in [-0.2, 0) is 0 Å². The van der Waals surface area contributed by atoms with Crippen molar-refractivity contribution in [2.45, 2.75) is 44.5 Å². The number of unbranched alkanes of at least 4 members (excludes halogenated alkanes) is 1. The molecule has 1 aromatic rings. The van der Waals surface area contributed by atoms with E-state index in [0.29, 0.717) is 6.42 Å². The Balaban J connectivity index is 2.35. The number of hydrazone groups is 1. The molecule has 126 valence electrons. The fourth-order valence-corrected chi connectivity index (χ4v) is 2.30. The number of phenols is 1. The Morgan fingerprint density at radius 3 is 2.48 bits per heavy atom. The Hall–Kier alpha value is -2.09. The molecule has 1 aliphatic rings. The number of aliphatic hydroxyl groups is 1. The summed E-state index contributed by atoms with van der Waals surface area (Å²) in [7, 11) is 0. The van der Waals surface area contributed by atoms with E-state index in [1.54, 1.807) is 0 Å². The summed E-state index contributed by atoms with van der Waals surface area (Å²) in [5.74, 6) is -1.20. The zero-order valence-electron chi connectivity index (χ0n) is 12.5. The molecule has 1 atom stereocenters. The van der Waals surface area contributed by atoms with E-state index in [1.807, 2.05) is 6.92 Å². The minimum absolute atomic E-state index is 0.102. The standard InChI is InChI=1S/C15H17F3N2O3/c1-2-3-4-11-9-14(23,15(16,17)18)20(19-11)13(22)10-5-7-12(21)8-6-10/h5-8,21,23H,2-4,9H2,1H3. The second-order valence-electron chi connectivity index (χ2n) is 5.42. The highest BCUT2D eigenvalue weighted by Crippen LogP contribution is 2.41. The maximum atomic E-state index is 13.3. The van der Waals surface area contributed by atoms with Gasteiger partial charge in [-0.05, 0) is 37.1 Å². The number of aromatic hydroxyl groups is 1. The molecule has 1 unspecified atom stereocenters. The molecular formula is C15H17F3N2O3. The second-order valence-corrected chi connectivity index (χ2v) is 5.42. The van der Waals surface area contributed by atoms with Crippen molar-refractivity contribution in [1.82, 2.24) is 5.01 Å². The summed E-state index contributed by atoms with van der Waals surface area (Å²) in [4.78, 5) is 12.3. The SMILES string of the molecule is CCCCC1=NN(C(=O)c2ccc(O)cc2)C(O)(C(F)(F)F)C1. The molecular weight excluding hydrogens is 313 g/mol. The lowest BCUT2D eigenvalue weighted by Gasteiger charge is -2.32. The van der Waals surface area contributed by atoms with Crippen LogP contribution in [0.2, 0.25) is 0 Å². The highest BCUT2D eigenvalue weighted by molar-refractivity contribution is 5.98. The zero-order chi connectivity index (χ0) is 17.3. The van der Waals surface area contributed by atoms with Crippen molar-refractivity contribution in [3.05, 3.63) is 29.8 Å². The minimum Gasteiger partial charge on any atom is -0.508 e. The van der Waals surface area contributed by atoms with Crippen molar-refractivity contribution in [3.8, 4) is 5.75 Å². The van der Waals surface area contributed by atoms with Crippen LogP contribution in [0, 0.1) is 0 Å². The van der Waals surface area contributed by atoms with Gasteiger partial charge in [-0.1, -0.05) is 13.3 Å². The van der Waals surface area contributed by atoms with Gasteiger partial charge in [0.25, 0.3) is 11.6 Å². The fourth-order valence-electron chi connectivity index (χ4n) is 2.30. The minimum atomic E-state index is -5.03. The third-order valence-corrected chi connectivity index (χ3v) is 3.62. The van der Waals surface area contributed by atoms with Crippen molar-refractivity contribution in [3.63, 3.8) is 0 Å². The number of alkyl halides is 3. The second kappa shape index (κ2) is 6.19. The van der Waals surface area contributed by atoms with Crippen LogP contribution in [0.1, 0.15) is 43.0 Å². The predicted octanol–water partition coefficient (Wildman–Crippen LogP) is 3.04. The summed E-state index contributed by atoms with van der Waals surface area (Å²) >= 11 is 0. The number of amides is 1. The molecule has 0 fully saturated rings. The van der Waals surface area contributed by atoms with Crippen LogP contribution in [-0.4, -0.2) is 38.7 Å². The molecule has 8 heteroatoms. The van der Waals surface area contributed by atoms with E-state index in [2.05, 4.69) is 5.10 Å². The molecule has 1 aliphatic heterocycles. The summed E-state index contributed by atoms with van der Waals surface area (Å²) in [5, 5.41) is 23.1. The first-order valence-electron chi connectivity index (χ1n) is 7.18. The van der Waals surface area contributed by atoms with Gasteiger partial charge in [0.05, 0.1) is 0 Å². The molecule has 0 saturated carbocycles. The monoisotopic (exact) mass is 330 g/mol. The topological polar surface area (TPSA) is 73.1 Å². The normalized spacial score (nSPS) is 21.4. The summed E-state index contributed by atoms with van der Waals surface area (Å²) < 4.78 is 39.8. The molecule has 0 aromatic heterocycles. The van der Waals surface area contributed by atoms with Gasteiger partial charge in [0.2, 0.25) is 0 Å². The van der Waals surface area contributed by atoms with Crippen LogP contribution in [0.3, 0.4) is 0 Å². The van der Waals surface area contributed by atoms with E-state index < -0.39 is 24.2 Å². The van der Waals surface area contributed by atoms with Gasteiger partial charge in [0.15, 0.2) is 0 Å². The van der Waals surface area contributed by atoms with Gasteiger partial charge in [0, 0.05) is 17.7 Å². The number of halogens is 3. The van der Waals surface area contributed by atoms with Gasteiger partial charge >= 0.3 is 6.18 Å². The van der Waals surface area contributed by atoms with Crippen LogP contribution in [0.15, 0.2) is 29.4 Å². The molecule has 0 aliphatic carbocycles. The van der Waals surface area contributed by atoms with Gasteiger partial charge < -0.3 is 10.2 Å². The van der Waals surface area contributed by atoms with E-state index in [4.69, 9.17) is 0 Å². The van der Waals surface area contributed by atoms with Crippen LogP contribution in [0.5, 0.6) is 5.75 Å². The Labute approximate surface area is 131 Å². The first kappa shape index (κ1) is 17.3. The van der Waals surface area contributed by atoms with Gasteiger partial charge in [-0.2, -0.15) is 23.3 Å². The van der Waals surface area contributed by atoms with Crippen LogP contribution < -0.4 is 0 Å². The van der Waals surface area contributed by atoms with Gasteiger partial charge in [-0.3, -0.25) is 4.79 Å². The smallest absolute Gasteiger partial charge is 0.438 e. The molecule has 0 saturated heterocycles. The molecule has 0 bridgehead atoms. The van der Waals surface area contributed by atoms with E-state index in [-0.39, 0.29) is 28.5 Å². The lowest BCUT2D eigenvalue weighted by molar-refractivity contribution is -0.297. The molecule has 0 spiro atoms. The quantitative estimate of drug-likeness (QED) is 0.891. The third kappa shape index (κ3) is 3.31. The van der Waals surface area contributed by atoms with Crippen molar-refractivity contribution in [1.29, 1.82) is 0 Å². The number of carbonyl (C=O) groups is 1. The lowest BCUT2D eigenvalue weighted by Crippen LogP contribution is -2.56. The molecule has 0 radical (unpaired) electrons. The number of rotatable bonds is 4. The maximum absolute atomic E-state index is 13.3. The molecule has 1 heterocycles. The van der Waals surface area contributed by atoms with E-state index in [1.165, 1.54) is 24.3 Å². The fraction of sp³-hybridized carbons (Fsp3) is 0.467. The van der Waals surface area contributed by atoms with E-state index >= 15 is 0 Å². The van der Waals surface area contributed by atoms with Gasteiger partial charge in [-0.25, -0.2) is 0 Å². The summed E-state index contributed by atoms with van der Waals surface area (Å²) in [6.45, 7) is 1.88. The first-order valence-corrected chi connectivity index (χ1v) is 7.18. The highest BCUT2D eigenvalue weighted by atomic mass is 19.4. The van der Waals surface area contributed by atoms with E-state index in [9.17, 15) is 28.2 Å². The van der Waals surface area contributed by atoms with Crippen molar-refractivity contribution < 1.29 is 28.2 Å². The van der Waals surface area contributed by atoms with Gasteiger partial charge in [0.1, 0.15) is 5.75 Å².